The number of ether oxygens (including phenoxy) is 2. The Morgan fingerprint density at radius 3 is 2.57 bits per heavy atom. The molecule has 0 aliphatic rings. The lowest BCUT2D eigenvalue weighted by atomic mass is 10.1. The van der Waals surface area contributed by atoms with E-state index < -0.39 is 6.10 Å². The van der Waals surface area contributed by atoms with Crippen LogP contribution in [0.1, 0.15) is 29.7 Å². The molecule has 0 unspecified atom stereocenters. The smallest absolute Gasteiger partial charge is 0.125 e. The number of halogens is 1. The van der Waals surface area contributed by atoms with Gasteiger partial charge < -0.3 is 14.6 Å². The molecule has 21 heavy (non-hydrogen) atoms. The van der Waals surface area contributed by atoms with Crippen LogP contribution in [0.2, 0.25) is 0 Å². The molecule has 0 aromatic heterocycles. The molecule has 2 rings (SSSR count). The van der Waals surface area contributed by atoms with E-state index in [1.165, 1.54) is 0 Å². The maximum Gasteiger partial charge on any atom is 0.125 e. The number of rotatable bonds is 5. The Morgan fingerprint density at radius 2 is 1.90 bits per heavy atom. The molecule has 3 nitrogen and oxygen atoms in total. The summed E-state index contributed by atoms with van der Waals surface area (Å²) in [6.07, 6.45) is -0.565. The van der Waals surface area contributed by atoms with Crippen LogP contribution in [-0.2, 0) is 6.61 Å². The minimum absolute atomic E-state index is 0.381. The highest BCUT2D eigenvalue weighted by atomic mass is 79.9. The molecule has 0 bridgehead atoms. The minimum atomic E-state index is -0.565. The summed E-state index contributed by atoms with van der Waals surface area (Å²) in [5.41, 5.74) is 2.83. The van der Waals surface area contributed by atoms with Gasteiger partial charge in [-0.1, -0.05) is 28.1 Å². The SMILES string of the molecule is COc1ccc(Br)cc1COc1cc(C)ccc1[C@@H](C)O. The van der Waals surface area contributed by atoms with E-state index >= 15 is 0 Å². The fraction of sp³-hybridized carbons (Fsp3) is 0.294. The lowest BCUT2D eigenvalue weighted by Gasteiger charge is -2.15. The molecule has 1 atom stereocenters. The van der Waals surface area contributed by atoms with E-state index in [1.807, 2.05) is 43.3 Å². The van der Waals surface area contributed by atoms with Crippen LogP contribution in [0.25, 0.3) is 0 Å². The largest absolute Gasteiger partial charge is 0.496 e. The van der Waals surface area contributed by atoms with Gasteiger partial charge in [0.1, 0.15) is 18.1 Å². The number of benzene rings is 2. The number of hydrogen-bond acceptors (Lipinski definition) is 3. The van der Waals surface area contributed by atoms with E-state index in [4.69, 9.17) is 9.47 Å². The summed E-state index contributed by atoms with van der Waals surface area (Å²) >= 11 is 3.45. The Bertz CT molecular complexity index is 623. The molecule has 0 fully saturated rings. The second-order valence-corrected chi connectivity index (χ2v) is 5.88. The first-order chi connectivity index (χ1) is 10.0. The van der Waals surface area contributed by atoms with Crippen molar-refractivity contribution in [3.8, 4) is 11.5 Å². The standard InChI is InChI=1S/C17H19BrO3/c1-11-4-6-15(12(2)19)17(8-11)21-10-13-9-14(18)5-7-16(13)20-3/h4-9,12,19H,10H2,1-3H3/t12-/m1/s1. The van der Waals surface area contributed by atoms with E-state index in [2.05, 4.69) is 15.9 Å². The Hall–Kier alpha value is -1.52. The second kappa shape index (κ2) is 6.96. The predicted octanol–water partition coefficient (Wildman–Crippen LogP) is 4.40. The third kappa shape index (κ3) is 3.99. The van der Waals surface area contributed by atoms with Gasteiger partial charge in [-0.2, -0.15) is 0 Å². The molecular formula is C17H19BrO3. The molecular weight excluding hydrogens is 332 g/mol. The van der Waals surface area contributed by atoms with E-state index in [9.17, 15) is 5.11 Å². The van der Waals surface area contributed by atoms with Gasteiger partial charge in [0.2, 0.25) is 0 Å². The minimum Gasteiger partial charge on any atom is -0.496 e. The molecule has 0 amide bonds. The zero-order valence-electron chi connectivity index (χ0n) is 12.4. The molecule has 0 radical (unpaired) electrons. The van der Waals surface area contributed by atoms with Gasteiger partial charge in [-0.3, -0.25) is 0 Å². The van der Waals surface area contributed by atoms with Gasteiger partial charge in [-0.05, 0) is 43.7 Å². The highest BCUT2D eigenvalue weighted by Gasteiger charge is 2.11. The number of aliphatic hydroxyl groups excluding tert-OH is 1. The van der Waals surface area contributed by atoms with Crippen LogP contribution < -0.4 is 9.47 Å². The van der Waals surface area contributed by atoms with Crippen molar-refractivity contribution in [3.63, 3.8) is 0 Å². The maximum atomic E-state index is 9.83. The average Bonchev–Trinajstić information content (AvgIpc) is 2.45. The fourth-order valence-electron chi connectivity index (χ4n) is 2.13. The Labute approximate surface area is 133 Å². The van der Waals surface area contributed by atoms with Gasteiger partial charge in [-0.25, -0.2) is 0 Å². The molecule has 0 aliphatic heterocycles. The number of aryl methyl sites for hydroxylation is 1. The van der Waals surface area contributed by atoms with Crippen LogP contribution in [0.15, 0.2) is 40.9 Å². The lowest BCUT2D eigenvalue weighted by molar-refractivity contribution is 0.190. The van der Waals surface area contributed by atoms with Gasteiger partial charge in [0.25, 0.3) is 0 Å². The summed E-state index contributed by atoms with van der Waals surface area (Å²) in [6, 6.07) is 11.6. The first-order valence-corrected chi connectivity index (χ1v) is 7.54. The number of hydrogen-bond donors (Lipinski definition) is 1. The highest BCUT2D eigenvalue weighted by Crippen LogP contribution is 2.29. The zero-order valence-corrected chi connectivity index (χ0v) is 14.0. The Balaban J connectivity index is 2.24. The van der Waals surface area contributed by atoms with Crippen LogP contribution >= 0.6 is 15.9 Å². The van der Waals surface area contributed by atoms with Crippen molar-refractivity contribution in [1.82, 2.24) is 0 Å². The van der Waals surface area contributed by atoms with Crippen LogP contribution in [0, 0.1) is 6.92 Å². The average molecular weight is 351 g/mol. The molecule has 0 saturated heterocycles. The van der Waals surface area contributed by atoms with Crippen molar-refractivity contribution in [3.05, 3.63) is 57.6 Å². The van der Waals surface area contributed by atoms with Gasteiger partial charge in [0, 0.05) is 15.6 Å². The quantitative estimate of drug-likeness (QED) is 0.868. The van der Waals surface area contributed by atoms with Crippen molar-refractivity contribution in [2.75, 3.05) is 7.11 Å². The van der Waals surface area contributed by atoms with Crippen LogP contribution in [0.3, 0.4) is 0 Å². The van der Waals surface area contributed by atoms with Gasteiger partial charge >= 0.3 is 0 Å². The van der Waals surface area contributed by atoms with Crippen molar-refractivity contribution >= 4 is 15.9 Å². The van der Waals surface area contributed by atoms with Gasteiger partial charge in [0.05, 0.1) is 13.2 Å². The summed E-state index contributed by atoms with van der Waals surface area (Å²) in [4.78, 5) is 0. The monoisotopic (exact) mass is 350 g/mol. The summed E-state index contributed by atoms with van der Waals surface area (Å²) in [7, 11) is 1.64. The van der Waals surface area contributed by atoms with E-state index in [0.29, 0.717) is 12.4 Å². The normalized spacial score (nSPS) is 12.0. The number of aliphatic hydroxyl groups is 1. The molecule has 1 N–H and O–H groups in total. The Morgan fingerprint density at radius 1 is 1.14 bits per heavy atom. The molecule has 4 heteroatoms. The van der Waals surface area contributed by atoms with Crippen molar-refractivity contribution in [2.45, 2.75) is 26.6 Å². The molecule has 0 aliphatic carbocycles. The van der Waals surface area contributed by atoms with Gasteiger partial charge in [0.15, 0.2) is 0 Å². The van der Waals surface area contributed by atoms with Gasteiger partial charge in [-0.15, -0.1) is 0 Å². The summed E-state index contributed by atoms with van der Waals surface area (Å²) in [5, 5.41) is 9.83. The molecule has 0 spiro atoms. The molecule has 2 aromatic rings. The maximum absolute atomic E-state index is 9.83. The van der Waals surface area contributed by atoms with Crippen molar-refractivity contribution in [2.24, 2.45) is 0 Å². The summed E-state index contributed by atoms with van der Waals surface area (Å²) in [6.45, 7) is 4.11. The first-order valence-electron chi connectivity index (χ1n) is 6.75. The zero-order chi connectivity index (χ0) is 15.4. The number of methoxy groups -OCH3 is 1. The third-order valence-electron chi connectivity index (χ3n) is 3.24. The van der Waals surface area contributed by atoms with Crippen molar-refractivity contribution < 1.29 is 14.6 Å². The van der Waals surface area contributed by atoms with E-state index in [0.717, 1.165) is 26.9 Å². The predicted molar refractivity (Wildman–Crippen MR) is 86.8 cm³/mol. The summed E-state index contributed by atoms with van der Waals surface area (Å²) < 4.78 is 12.2. The van der Waals surface area contributed by atoms with Crippen LogP contribution in [0.5, 0.6) is 11.5 Å². The highest BCUT2D eigenvalue weighted by molar-refractivity contribution is 9.10. The molecule has 112 valence electrons. The molecule has 2 aromatic carbocycles. The molecule has 0 saturated carbocycles. The van der Waals surface area contributed by atoms with Crippen LogP contribution in [0.4, 0.5) is 0 Å². The third-order valence-corrected chi connectivity index (χ3v) is 3.74. The summed E-state index contributed by atoms with van der Waals surface area (Å²) in [5.74, 6) is 1.48. The fourth-order valence-corrected chi connectivity index (χ4v) is 2.54. The lowest BCUT2D eigenvalue weighted by Crippen LogP contribution is -2.03. The topological polar surface area (TPSA) is 38.7 Å². The Kier molecular flexibility index (Phi) is 5.26. The molecule has 0 heterocycles. The first kappa shape index (κ1) is 15.9. The van der Waals surface area contributed by atoms with E-state index in [1.54, 1.807) is 14.0 Å². The second-order valence-electron chi connectivity index (χ2n) is 4.96. The van der Waals surface area contributed by atoms with Crippen molar-refractivity contribution in [1.29, 1.82) is 0 Å². The van der Waals surface area contributed by atoms with E-state index in [-0.39, 0.29) is 0 Å². The van der Waals surface area contributed by atoms with Crippen LogP contribution in [-0.4, -0.2) is 12.2 Å².